The van der Waals surface area contributed by atoms with Gasteiger partial charge < -0.3 is 20.9 Å². The largest absolute Gasteiger partial charge is 3.00 e. The van der Waals surface area contributed by atoms with Crippen LogP contribution in [-0.2, 0) is 17.1 Å². The molecule has 10 nitrogen and oxygen atoms in total. The molecule has 0 fully saturated rings. The SMILES string of the molecule is C1=Cc2nc1c(-c1ccccn1)c1ccc([n-]1)c(-c1ccccn1)c1nc(c(-c3ccccn3)c3ccc([n-]3)c2-c2ccccn2)C=C1.O.[Fe+3].[OH-]. The van der Waals surface area contributed by atoms with E-state index in [1.54, 1.807) is 24.8 Å². The van der Waals surface area contributed by atoms with E-state index in [0.717, 1.165) is 89.9 Å². The Morgan fingerprint density at radius 1 is 0.353 bits per heavy atom. The van der Waals surface area contributed by atoms with Gasteiger partial charge in [0.05, 0.1) is 45.6 Å². The summed E-state index contributed by atoms with van der Waals surface area (Å²) in [6, 6.07) is 31.5. The Kier molecular flexibility index (Phi) is 9.90. The van der Waals surface area contributed by atoms with Crippen LogP contribution in [0.15, 0.2) is 122 Å². The Labute approximate surface area is 302 Å². The van der Waals surface area contributed by atoms with E-state index in [2.05, 4.69) is 0 Å². The second-order valence-corrected chi connectivity index (χ2v) is 11.2. The molecule has 7 aromatic rings. The van der Waals surface area contributed by atoms with Gasteiger partial charge in [-0.15, -0.1) is 22.1 Å². The molecule has 0 aromatic carbocycles. The first-order valence-electron chi connectivity index (χ1n) is 15.5. The first kappa shape index (κ1) is 34.5. The third kappa shape index (κ3) is 6.29. The second-order valence-electron chi connectivity index (χ2n) is 11.2. The first-order valence-corrected chi connectivity index (χ1v) is 15.5. The van der Waals surface area contributed by atoms with Crippen LogP contribution in [0.25, 0.3) is 91.4 Å². The van der Waals surface area contributed by atoms with Crippen LogP contribution in [0.5, 0.6) is 0 Å². The number of pyridine rings is 4. The van der Waals surface area contributed by atoms with Crippen LogP contribution < -0.4 is 9.97 Å². The number of rotatable bonds is 4. The van der Waals surface area contributed by atoms with Crippen molar-refractivity contribution in [3.63, 3.8) is 0 Å². The van der Waals surface area contributed by atoms with Crippen molar-refractivity contribution in [1.82, 2.24) is 39.9 Å². The van der Waals surface area contributed by atoms with E-state index in [-0.39, 0.29) is 28.0 Å². The second kappa shape index (κ2) is 14.6. The van der Waals surface area contributed by atoms with Crippen LogP contribution in [0.3, 0.4) is 0 Å². The summed E-state index contributed by atoms with van der Waals surface area (Å²) in [4.78, 5) is 39.7. The Bertz CT molecular complexity index is 2200. The molecule has 11 heteroatoms. The van der Waals surface area contributed by atoms with Crippen LogP contribution in [0.1, 0.15) is 22.8 Å². The molecule has 9 heterocycles. The van der Waals surface area contributed by atoms with Gasteiger partial charge in [-0.3, -0.25) is 19.9 Å². The van der Waals surface area contributed by atoms with E-state index in [4.69, 9.17) is 39.9 Å². The fourth-order valence-corrected chi connectivity index (χ4v) is 6.18. The van der Waals surface area contributed by atoms with Gasteiger partial charge in [0, 0.05) is 47.0 Å². The van der Waals surface area contributed by atoms with Gasteiger partial charge in [-0.05, 0) is 72.8 Å². The van der Waals surface area contributed by atoms with Gasteiger partial charge in [0.2, 0.25) is 0 Å². The fraction of sp³-hybridized carbons (Fsp3) is 0. The molecule has 0 aliphatic carbocycles. The number of nitrogens with zero attached hydrogens (tertiary/aromatic N) is 8. The quantitative estimate of drug-likeness (QED) is 0.172. The molecule has 2 aliphatic heterocycles. The molecular weight excluding hydrogens is 680 g/mol. The minimum atomic E-state index is 0. The van der Waals surface area contributed by atoms with Crippen molar-refractivity contribution >= 4 is 46.4 Å². The topological polar surface area (TPSA) is 167 Å². The third-order valence-electron chi connectivity index (χ3n) is 8.29. The molecular formula is C40H27FeN8O2. The Hall–Kier alpha value is -6.36. The molecule has 0 atom stereocenters. The van der Waals surface area contributed by atoms with Gasteiger partial charge in [0.25, 0.3) is 0 Å². The van der Waals surface area contributed by atoms with Crippen molar-refractivity contribution in [3.8, 4) is 45.0 Å². The van der Waals surface area contributed by atoms with E-state index in [1.807, 2.05) is 121 Å². The van der Waals surface area contributed by atoms with E-state index >= 15 is 0 Å². The van der Waals surface area contributed by atoms with E-state index in [0.29, 0.717) is 0 Å². The van der Waals surface area contributed by atoms with E-state index < -0.39 is 0 Å². The number of fused-ring (bicyclic) bond motifs is 8. The average molecular weight is 708 g/mol. The smallest absolute Gasteiger partial charge is 0.870 e. The average Bonchev–Trinajstić information content (AvgIpc) is 3.98. The third-order valence-corrected chi connectivity index (χ3v) is 8.29. The molecule has 8 bridgehead atoms. The molecule has 2 aliphatic rings. The summed E-state index contributed by atoms with van der Waals surface area (Å²) in [5, 5.41) is 0. The Morgan fingerprint density at radius 3 is 0.824 bits per heavy atom. The minimum Gasteiger partial charge on any atom is -0.870 e. The Balaban J connectivity index is 0.00000149. The number of aromatic nitrogens is 8. The molecule has 0 unspecified atom stereocenters. The molecule has 51 heavy (non-hydrogen) atoms. The molecule has 9 rings (SSSR count). The first-order chi connectivity index (χ1) is 23.8. The molecule has 0 saturated heterocycles. The van der Waals surface area contributed by atoms with Crippen molar-refractivity contribution < 1.29 is 28.0 Å². The molecule has 1 radical (unpaired) electrons. The van der Waals surface area contributed by atoms with Gasteiger partial charge in [-0.1, -0.05) is 48.5 Å². The molecule has 247 valence electrons. The summed E-state index contributed by atoms with van der Waals surface area (Å²) in [7, 11) is 0. The minimum absolute atomic E-state index is 0. The van der Waals surface area contributed by atoms with Crippen molar-refractivity contribution in [2.45, 2.75) is 0 Å². The summed E-state index contributed by atoms with van der Waals surface area (Å²) in [6.45, 7) is 0. The maximum Gasteiger partial charge on any atom is 3.00 e. The van der Waals surface area contributed by atoms with Crippen molar-refractivity contribution in [2.75, 3.05) is 0 Å². The van der Waals surface area contributed by atoms with Gasteiger partial charge >= 0.3 is 17.1 Å². The van der Waals surface area contributed by atoms with Crippen molar-refractivity contribution in [3.05, 3.63) is 145 Å². The summed E-state index contributed by atoms with van der Waals surface area (Å²) < 4.78 is 0. The summed E-state index contributed by atoms with van der Waals surface area (Å²) in [6.07, 6.45) is 15.2. The van der Waals surface area contributed by atoms with Gasteiger partial charge in [-0.25, -0.2) is 9.97 Å². The van der Waals surface area contributed by atoms with Crippen LogP contribution in [-0.4, -0.2) is 40.9 Å². The molecule has 7 aromatic heterocycles. The van der Waals surface area contributed by atoms with Crippen molar-refractivity contribution in [2.24, 2.45) is 0 Å². The number of hydrogen-bond acceptors (Lipinski definition) is 7. The maximum absolute atomic E-state index is 5.20. The fourth-order valence-electron chi connectivity index (χ4n) is 6.18. The van der Waals surface area contributed by atoms with Crippen LogP contribution in [0.4, 0.5) is 0 Å². The molecule has 0 saturated carbocycles. The molecule has 0 amide bonds. The molecule has 3 N–H and O–H groups in total. The van der Waals surface area contributed by atoms with Crippen molar-refractivity contribution in [1.29, 1.82) is 0 Å². The monoisotopic (exact) mass is 707 g/mol. The summed E-state index contributed by atoms with van der Waals surface area (Å²) >= 11 is 0. The maximum atomic E-state index is 5.20. The zero-order valence-corrected chi connectivity index (χ0v) is 27.8. The van der Waals surface area contributed by atoms with Gasteiger partial charge in [0.15, 0.2) is 0 Å². The van der Waals surface area contributed by atoms with Crippen LogP contribution >= 0.6 is 0 Å². The standard InChI is InChI=1S/C40H24N8.Fe.2H2O/c1-5-21-41-25(9-1)37-29-13-15-31(45-29)38(26-10-2-6-22-42-26)33-17-19-35(47-33)40(28-12-4-8-24-44-28)36-20-18-34(48-36)39(27-11-3-7-23-43-27)32-16-14-30(37)46-32;;;/h1-24H;;2*1H2/q-2;+3;;/p-1. The number of hydrogen-bond donors (Lipinski definition) is 0. The summed E-state index contributed by atoms with van der Waals surface area (Å²) in [5.74, 6) is 0. The van der Waals surface area contributed by atoms with E-state index in [9.17, 15) is 0 Å². The van der Waals surface area contributed by atoms with Gasteiger partial charge in [-0.2, -0.15) is 0 Å². The predicted molar refractivity (Wildman–Crippen MR) is 195 cm³/mol. The van der Waals surface area contributed by atoms with Crippen LogP contribution in [0, 0.1) is 0 Å². The zero-order valence-electron chi connectivity index (χ0n) is 26.7. The zero-order chi connectivity index (χ0) is 31.9. The van der Waals surface area contributed by atoms with Crippen LogP contribution in [0.2, 0.25) is 0 Å². The van der Waals surface area contributed by atoms with Gasteiger partial charge in [0.1, 0.15) is 0 Å². The molecule has 0 spiro atoms. The summed E-state index contributed by atoms with van der Waals surface area (Å²) in [5.41, 5.74) is 12.3. The Morgan fingerprint density at radius 2 is 0.608 bits per heavy atom. The van der Waals surface area contributed by atoms with E-state index in [1.165, 1.54) is 0 Å². The normalized spacial score (nSPS) is 11.3. The predicted octanol–water partition coefficient (Wildman–Crippen LogP) is 7.16.